The van der Waals surface area contributed by atoms with Crippen LogP contribution in [0, 0.1) is 5.92 Å². The predicted octanol–water partition coefficient (Wildman–Crippen LogP) is 0.906. The van der Waals surface area contributed by atoms with E-state index in [9.17, 15) is 9.59 Å². The van der Waals surface area contributed by atoms with E-state index >= 15 is 0 Å². The molecule has 0 atom stereocenters. The van der Waals surface area contributed by atoms with Crippen LogP contribution in [0.3, 0.4) is 0 Å². The molecule has 6 nitrogen and oxygen atoms in total. The second kappa shape index (κ2) is 7.00. The highest BCUT2D eigenvalue weighted by atomic mass is 32.1. The van der Waals surface area contributed by atoms with Crippen molar-refractivity contribution in [3.8, 4) is 0 Å². The molecule has 1 aliphatic rings. The molecule has 0 bridgehead atoms. The fraction of sp³-hybridized carbons (Fsp3) is 0.643. The first-order valence-corrected chi connectivity index (χ1v) is 7.96. The van der Waals surface area contributed by atoms with Gasteiger partial charge in [0, 0.05) is 38.6 Å². The third-order valence-electron chi connectivity index (χ3n) is 3.82. The molecule has 0 radical (unpaired) electrons. The molecule has 0 spiro atoms. The largest absolute Gasteiger partial charge is 0.349 e. The van der Waals surface area contributed by atoms with Crippen LogP contribution in [-0.4, -0.2) is 67.4 Å². The Bertz CT molecular complexity index is 481. The number of rotatable bonds is 4. The lowest BCUT2D eigenvalue weighted by atomic mass is 9.95. The zero-order valence-electron chi connectivity index (χ0n) is 12.8. The van der Waals surface area contributed by atoms with E-state index in [1.165, 1.54) is 11.3 Å². The Labute approximate surface area is 129 Å². The summed E-state index contributed by atoms with van der Waals surface area (Å²) in [4.78, 5) is 33.6. The number of likely N-dealkylation sites (tertiary alicyclic amines) is 1. The van der Waals surface area contributed by atoms with E-state index in [-0.39, 0.29) is 17.7 Å². The van der Waals surface area contributed by atoms with Gasteiger partial charge in [-0.3, -0.25) is 19.4 Å². The molecule has 1 aliphatic heterocycles. The van der Waals surface area contributed by atoms with Crippen LogP contribution in [0.25, 0.3) is 0 Å². The highest BCUT2D eigenvalue weighted by Gasteiger charge is 2.27. The molecule has 0 saturated carbocycles. The summed E-state index contributed by atoms with van der Waals surface area (Å²) in [5.41, 5.74) is 0. The minimum atomic E-state index is 0.0438. The number of piperidine rings is 1. The second-order valence-electron chi connectivity index (χ2n) is 5.55. The average molecular weight is 310 g/mol. The Morgan fingerprint density at radius 3 is 2.52 bits per heavy atom. The Morgan fingerprint density at radius 2 is 2.00 bits per heavy atom. The van der Waals surface area contributed by atoms with Gasteiger partial charge in [0.05, 0.1) is 6.54 Å². The molecule has 7 heteroatoms. The van der Waals surface area contributed by atoms with Gasteiger partial charge in [-0.05, 0) is 25.9 Å². The zero-order valence-corrected chi connectivity index (χ0v) is 13.6. The van der Waals surface area contributed by atoms with Gasteiger partial charge in [0.1, 0.15) is 0 Å². The standard InChI is InChI=1S/C14H22N4O2S/c1-16(2)13(20)11-4-7-18(8-5-11)10-12(19)17(3)14-15-6-9-21-14/h6,9,11H,4-5,7-8,10H2,1-3H3. The van der Waals surface area contributed by atoms with Gasteiger partial charge in [0.15, 0.2) is 5.13 Å². The van der Waals surface area contributed by atoms with Crippen molar-refractivity contribution in [2.75, 3.05) is 45.7 Å². The fourth-order valence-corrected chi connectivity index (χ4v) is 3.11. The van der Waals surface area contributed by atoms with Crippen LogP contribution in [0.15, 0.2) is 11.6 Å². The maximum atomic E-state index is 12.2. The Morgan fingerprint density at radius 1 is 1.33 bits per heavy atom. The van der Waals surface area contributed by atoms with E-state index in [2.05, 4.69) is 9.88 Å². The molecule has 1 aromatic heterocycles. The van der Waals surface area contributed by atoms with Gasteiger partial charge in [0.25, 0.3) is 0 Å². The van der Waals surface area contributed by atoms with Gasteiger partial charge < -0.3 is 4.90 Å². The first kappa shape index (κ1) is 15.9. The van der Waals surface area contributed by atoms with E-state index in [4.69, 9.17) is 0 Å². The van der Waals surface area contributed by atoms with E-state index in [1.54, 1.807) is 37.1 Å². The number of amides is 2. The van der Waals surface area contributed by atoms with Crippen LogP contribution in [-0.2, 0) is 9.59 Å². The van der Waals surface area contributed by atoms with Crippen LogP contribution in [0.5, 0.6) is 0 Å². The number of likely N-dealkylation sites (N-methyl/N-ethyl adjacent to an activating group) is 1. The van der Waals surface area contributed by atoms with Crippen LogP contribution in [0.4, 0.5) is 5.13 Å². The smallest absolute Gasteiger partial charge is 0.242 e. The topological polar surface area (TPSA) is 56.8 Å². The molecule has 0 aliphatic carbocycles. The summed E-state index contributed by atoms with van der Waals surface area (Å²) in [5, 5.41) is 2.58. The van der Waals surface area contributed by atoms with Crippen molar-refractivity contribution in [3.63, 3.8) is 0 Å². The summed E-state index contributed by atoms with van der Waals surface area (Å²) in [6.07, 6.45) is 3.35. The minimum Gasteiger partial charge on any atom is -0.349 e. The van der Waals surface area contributed by atoms with E-state index in [0.717, 1.165) is 31.1 Å². The maximum absolute atomic E-state index is 12.2. The summed E-state index contributed by atoms with van der Waals surface area (Å²) in [5.74, 6) is 0.339. The molecule has 1 saturated heterocycles. The Balaban J connectivity index is 1.81. The van der Waals surface area contributed by atoms with Crippen molar-refractivity contribution in [2.24, 2.45) is 5.92 Å². The molecule has 21 heavy (non-hydrogen) atoms. The molecule has 1 aromatic rings. The minimum absolute atomic E-state index is 0.0438. The van der Waals surface area contributed by atoms with Gasteiger partial charge in [-0.1, -0.05) is 0 Å². The molecule has 2 rings (SSSR count). The summed E-state index contributed by atoms with van der Waals surface area (Å²) >= 11 is 1.45. The lowest BCUT2D eigenvalue weighted by Crippen LogP contribution is -2.44. The molecule has 2 amide bonds. The molecule has 2 heterocycles. The Hall–Kier alpha value is -1.47. The number of nitrogens with zero attached hydrogens (tertiary/aromatic N) is 4. The van der Waals surface area contributed by atoms with E-state index < -0.39 is 0 Å². The number of carbonyl (C=O) groups excluding carboxylic acids is 2. The van der Waals surface area contributed by atoms with Crippen LogP contribution in [0.2, 0.25) is 0 Å². The molecular weight excluding hydrogens is 288 g/mol. The molecule has 0 aromatic carbocycles. The predicted molar refractivity (Wildman–Crippen MR) is 83.4 cm³/mol. The number of thiazole rings is 1. The maximum Gasteiger partial charge on any atom is 0.242 e. The Kier molecular flexibility index (Phi) is 5.30. The third-order valence-corrected chi connectivity index (χ3v) is 4.66. The van der Waals surface area contributed by atoms with Gasteiger partial charge in [0.2, 0.25) is 11.8 Å². The summed E-state index contributed by atoms with van der Waals surface area (Å²) in [6.45, 7) is 1.97. The second-order valence-corrected chi connectivity index (χ2v) is 6.42. The first-order chi connectivity index (χ1) is 9.99. The molecule has 0 unspecified atom stereocenters. The normalized spacial score (nSPS) is 16.7. The summed E-state index contributed by atoms with van der Waals surface area (Å²) < 4.78 is 0. The highest BCUT2D eigenvalue weighted by Crippen LogP contribution is 2.20. The van der Waals surface area contributed by atoms with Crippen molar-refractivity contribution in [1.82, 2.24) is 14.8 Å². The SMILES string of the molecule is CN(C)C(=O)C1CCN(CC(=O)N(C)c2nccs2)CC1. The summed E-state index contributed by atoms with van der Waals surface area (Å²) in [7, 11) is 5.34. The van der Waals surface area contributed by atoms with Gasteiger partial charge >= 0.3 is 0 Å². The van der Waals surface area contributed by atoms with Crippen molar-refractivity contribution in [1.29, 1.82) is 0 Å². The average Bonchev–Trinajstić information content (AvgIpc) is 3.00. The number of aromatic nitrogens is 1. The lowest BCUT2D eigenvalue weighted by Gasteiger charge is -2.32. The van der Waals surface area contributed by atoms with E-state index in [0.29, 0.717) is 6.54 Å². The number of carbonyl (C=O) groups is 2. The number of anilines is 1. The van der Waals surface area contributed by atoms with Crippen molar-refractivity contribution >= 4 is 28.3 Å². The highest BCUT2D eigenvalue weighted by molar-refractivity contribution is 7.13. The number of hydrogen-bond acceptors (Lipinski definition) is 5. The molecular formula is C14H22N4O2S. The van der Waals surface area contributed by atoms with Crippen LogP contribution >= 0.6 is 11.3 Å². The fourth-order valence-electron chi connectivity index (χ4n) is 2.49. The zero-order chi connectivity index (χ0) is 15.4. The van der Waals surface area contributed by atoms with Crippen molar-refractivity contribution < 1.29 is 9.59 Å². The van der Waals surface area contributed by atoms with Crippen LogP contribution < -0.4 is 4.90 Å². The third kappa shape index (κ3) is 4.01. The number of hydrogen-bond donors (Lipinski definition) is 0. The van der Waals surface area contributed by atoms with Crippen LogP contribution in [0.1, 0.15) is 12.8 Å². The quantitative estimate of drug-likeness (QED) is 0.829. The molecule has 1 fully saturated rings. The first-order valence-electron chi connectivity index (χ1n) is 7.08. The van der Waals surface area contributed by atoms with Gasteiger partial charge in [-0.15, -0.1) is 11.3 Å². The van der Waals surface area contributed by atoms with E-state index in [1.807, 2.05) is 5.38 Å². The van der Waals surface area contributed by atoms with Crippen molar-refractivity contribution in [2.45, 2.75) is 12.8 Å². The van der Waals surface area contributed by atoms with Crippen molar-refractivity contribution in [3.05, 3.63) is 11.6 Å². The monoisotopic (exact) mass is 310 g/mol. The van der Waals surface area contributed by atoms with Gasteiger partial charge in [-0.25, -0.2) is 4.98 Å². The van der Waals surface area contributed by atoms with Gasteiger partial charge in [-0.2, -0.15) is 0 Å². The lowest BCUT2D eigenvalue weighted by molar-refractivity contribution is -0.134. The molecule has 116 valence electrons. The summed E-state index contributed by atoms with van der Waals surface area (Å²) in [6, 6.07) is 0. The molecule has 0 N–H and O–H groups in total.